The number of hydrogen-bond donors (Lipinski definition) is 3. The van der Waals surface area contributed by atoms with Gasteiger partial charge in [-0.25, -0.2) is 4.57 Å². The molecule has 0 amide bonds. The van der Waals surface area contributed by atoms with E-state index in [0.717, 1.165) is 37.8 Å². The second-order valence-electron chi connectivity index (χ2n) is 16.4. The van der Waals surface area contributed by atoms with E-state index in [4.69, 9.17) is 6.58 Å². The highest BCUT2D eigenvalue weighted by atomic mass is 16.3. The number of fused-ring (bicyclic) bond motifs is 7. The molecule has 222 valence electrons. The standard InChI is InChI=1S/C36H56NO3/c1-24(21-37-19-12-25(22-38)13-20-37)26-9-16-36(23-39)18-17-34(5)27(31(26)36)7-8-29-33(4)14-11-30(40)32(2,3)28(33)10-15-35(29,34)6/h12-13,19-20,26-31,38-40H,1,7-11,14-18,21-23H2,2-6H3/q+1/t26-,27+,28-,29+,30?,31+,33-,34+,35+,36+/m0/s1. The van der Waals surface area contributed by atoms with E-state index in [-0.39, 0.29) is 29.0 Å². The Balaban J connectivity index is 1.32. The summed E-state index contributed by atoms with van der Waals surface area (Å²) < 4.78 is 2.21. The molecule has 40 heavy (non-hydrogen) atoms. The Morgan fingerprint density at radius 1 is 0.850 bits per heavy atom. The zero-order valence-electron chi connectivity index (χ0n) is 26.0. The first-order chi connectivity index (χ1) is 18.9. The number of rotatable bonds is 5. The molecule has 6 rings (SSSR count). The molecule has 1 aromatic heterocycles. The molecule has 3 N–H and O–H groups in total. The van der Waals surface area contributed by atoms with Crippen LogP contribution in [0.15, 0.2) is 36.7 Å². The first-order valence-electron chi connectivity index (χ1n) is 16.4. The Hall–Kier alpha value is -1.23. The van der Waals surface area contributed by atoms with E-state index in [9.17, 15) is 15.3 Å². The van der Waals surface area contributed by atoms with Crippen LogP contribution < -0.4 is 4.57 Å². The molecule has 4 heteroatoms. The molecule has 1 unspecified atom stereocenters. The molecule has 5 saturated carbocycles. The lowest BCUT2D eigenvalue weighted by Crippen LogP contribution is -2.66. The van der Waals surface area contributed by atoms with Gasteiger partial charge in [0.15, 0.2) is 18.9 Å². The van der Waals surface area contributed by atoms with Gasteiger partial charge < -0.3 is 15.3 Å². The lowest BCUT2D eigenvalue weighted by molar-refractivity contribution is -0.689. The van der Waals surface area contributed by atoms with Gasteiger partial charge in [-0.2, -0.15) is 0 Å². The van der Waals surface area contributed by atoms with Crippen molar-refractivity contribution in [2.24, 2.45) is 56.7 Å². The van der Waals surface area contributed by atoms with Crippen LogP contribution >= 0.6 is 0 Å². The van der Waals surface area contributed by atoms with E-state index < -0.39 is 0 Å². The van der Waals surface area contributed by atoms with Crippen molar-refractivity contribution in [2.75, 3.05) is 6.61 Å². The van der Waals surface area contributed by atoms with Crippen molar-refractivity contribution >= 4 is 0 Å². The van der Waals surface area contributed by atoms with E-state index >= 15 is 0 Å². The van der Waals surface area contributed by atoms with Crippen LogP contribution in [0, 0.1) is 56.7 Å². The Bertz CT molecular complexity index is 1130. The van der Waals surface area contributed by atoms with Crippen LogP contribution in [-0.4, -0.2) is 28.0 Å². The molecule has 4 nitrogen and oxygen atoms in total. The first kappa shape index (κ1) is 28.9. The van der Waals surface area contributed by atoms with Gasteiger partial charge in [0.25, 0.3) is 0 Å². The van der Waals surface area contributed by atoms with Gasteiger partial charge in [0.1, 0.15) is 0 Å². The van der Waals surface area contributed by atoms with Gasteiger partial charge in [-0.1, -0.05) is 41.2 Å². The van der Waals surface area contributed by atoms with E-state index in [1.165, 1.54) is 44.1 Å². The summed E-state index contributed by atoms with van der Waals surface area (Å²) in [4.78, 5) is 0. The average Bonchev–Trinajstić information content (AvgIpc) is 3.32. The summed E-state index contributed by atoms with van der Waals surface area (Å²) in [5.74, 6) is 2.89. The average molecular weight is 551 g/mol. The maximum atomic E-state index is 11.0. The van der Waals surface area contributed by atoms with Crippen molar-refractivity contribution in [3.05, 3.63) is 42.2 Å². The van der Waals surface area contributed by atoms with Crippen LogP contribution in [0.2, 0.25) is 0 Å². The molecule has 1 heterocycles. The number of pyridine rings is 1. The van der Waals surface area contributed by atoms with Crippen molar-refractivity contribution in [3.63, 3.8) is 0 Å². The lowest BCUT2D eigenvalue weighted by Gasteiger charge is -2.73. The second-order valence-corrected chi connectivity index (χ2v) is 16.4. The molecule has 0 bridgehead atoms. The van der Waals surface area contributed by atoms with Crippen LogP contribution in [0.5, 0.6) is 0 Å². The fraction of sp³-hybridized carbons (Fsp3) is 0.806. The first-order valence-corrected chi connectivity index (χ1v) is 16.4. The van der Waals surface area contributed by atoms with Gasteiger partial charge in [0, 0.05) is 18.7 Å². The lowest BCUT2D eigenvalue weighted by atomic mass is 9.32. The molecule has 0 aliphatic heterocycles. The van der Waals surface area contributed by atoms with Crippen LogP contribution in [-0.2, 0) is 13.2 Å². The molecule has 0 aromatic carbocycles. The molecular formula is C36H56NO3+. The minimum Gasteiger partial charge on any atom is -0.396 e. The SMILES string of the molecule is C=C(C[n+]1ccc(CO)cc1)[C@@H]1CC[C@]2(CO)CC[C@]3(C)[C@H](CC[C@@H]4[C@@]5(C)CCC(O)C(C)(C)[C@@H]5CC[C@]43C)[C@@H]12. The van der Waals surface area contributed by atoms with E-state index in [2.05, 4.69) is 51.6 Å². The predicted molar refractivity (Wildman–Crippen MR) is 159 cm³/mol. The summed E-state index contributed by atoms with van der Waals surface area (Å²) in [6, 6.07) is 4.00. The zero-order valence-corrected chi connectivity index (χ0v) is 26.0. The van der Waals surface area contributed by atoms with Crippen LogP contribution in [0.3, 0.4) is 0 Å². The largest absolute Gasteiger partial charge is 0.396 e. The smallest absolute Gasteiger partial charge is 0.169 e. The number of hydrogen-bond acceptors (Lipinski definition) is 3. The third kappa shape index (κ3) is 3.83. The maximum Gasteiger partial charge on any atom is 0.169 e. The Kier molecular flexibility index (Phi) is 6.96. The molecule has 5 aliphatic carbocycles. The summed E-state index contributed by atoms with van der Waals surface area (Å²) in [6.07, 6.45) is 15.8. The number of aromatic nitrogens is 1. The zero-order chi connectivity index (χ0) is 28.7. The highest BCUT2D eigenvalue weighted by Gasteiger charge is 2.70. The summed E-state index contributed by atoms with van der Waals surface area (Å²) in [5, 5.41) is 31.4. The van der Waals surface area contributed by atoms with Crippen molar-refractivity contribution in [2.45, 2.75) is 118 Å². The Labute approximate surface area is 243 Å². The highest BCUT2D eigenvalue weighted by Crippen LogP contribution is 2.77. The quantitative estimate of drug-likeness (QED) is 0.291. The van der Waals surface area contributed by atoms with Crippen molar-refractivity contribution in [1.82, 2.24) is 0 Å². The minimum absolute atomic E-state index is 0.00791. The summed E-state index contributed by atoms with van der Waals surface area (Å²) >= 11 is 0. The van der Waals surface area contributed by atoms with Gasteiger partial charge in [0.2, 0.25) is 0 Å². The van der Waals surface area contributed by atoms with Crippen molar-refractivity contribution in [3.8, 4) is 0 Å². The van der Waals surface area contributed by atoms with Gasteiger partial charge in [-0.05, 0) is 132 Å². The van der Waals surface area contributed by atoms with E-state index in [1.807, 2.05) is 12.1 Å². The maximum absolute atomic E-state index is 11.0. The van der Waals surface area contributed by atoms with E-state index in [1.54, 1.807) is 0 Å². The predicted octanol–water partition coefficient (Wildman–Crippen LogP) is 6.46. The summed E-state index contributed by atoms with van der Waals surface area (Å²) in [5.41, 5.74) is 3.16. The molecule has 10 atom stereocenters. The van der Waals surface area contributed by atoms with Crippen LogP contribution in [0.4, 0.5) is 0 Å². The molecule has 0 radical (unpaired) electrons. The van der Waals surface area contributed by atoms with Crippen LogP contribution in [0.25, 0.3) is 0 Å². The third-order valence-electron chi connectivity index (χ3n) is 15.0. The highest BCUT2D eigenvalue weighted by molar-refractivity contribution is 5.22. The Morgan fingerprint density at radius 3 is 2.25 bits per heavy atom. The normalized spacial score (nSPS) is 47.5. The summed E-state index contributed by atoms with van der Waals surface area (Å²) in [6.45, 7) is 18.5. The van der Waals surface area contributed by atoms with E-state index in [0.29, 0.717) is 47.0 Å². The number of aliphatic hydroxyl groups is 3. The monoisotopic (exact) mass is 550 g/mol. The van der Waals surface area contributed by atoms with Crippen LogP contribution in [0.1, 0.15) is 104 Å². The van der Waals surface area contributed by atoms with Gasteiger partial charge in [-0.3, -0.25) is 0 Å². The van der Waals surface area contributed by atoms with Crippen molar-refractivity contribution in [1.29, 1.82) is 0 Å². The minimum atomic E-state index is -0.176. The third-order valence-corrected chi connectivity index (χ3v) is 15.0. The number of allylic oxidation sites excluding steroid dienone is 1. The fourth-order valence-electron chi connectivity index (χ4n) is 12.5. The molecule has 5 fully saturated rings. The van der Waals surface area contributed by atoms with Gasteiger partial charge >= 0.3 is 0 Å². The molecular weight excluding hydrogens is 494 g/mol. The van der Waals surface area contributed by atoms with Gasteiger partial charge in [-0.15, -0.1) is 0 Å². The topological polar surface area (TPSA) is 64.6 Å². The Morgan fingerprint density at radius 2 is 1.57 bits per heavy atom. The second kappa shape index (κ2) is 9.64. The fourth-order valence-corrected chi connectivity index (χ4v) is 12.5. The number of aliphatic hydroxyl groups excluding tert-OH is 3. The summed E-state index contributed by atoms with van der Waals surface area (Å²) in [7, 11) is 0. The molecule has 5 aliphatic rings. The number of nitrogens with zero attached hydrogens (tertiary/aromatic N) is 1. The molecule has 0 spiro atoms. The molecule has 0 saturated heterocycles. The van der Waals surface area contributed by atoms with Crippen molar-refractivity contribution < 1.29 is 19.9 Å². The molecule has 1 aromatic rings. The van der Waals surface area contributed by atoms with Gasteiger partial charge in [0.05, 0.1) is 12.7 Å².